The van der Waals surface area contributed by atoms with Gasteiger partial charge in [-0.25, -0.2) is 9.97 Å². The van der Waals surface area contributed by atoms with Crippen molar-refractivity contribution in [1.29, 1.82) is 0 Å². The maximum absolute atomic E-state index is 11.5. The molecule has 56 heavy (non-hydrogen) atoms. The van der Waals surface area contributed by atoms with E-state index in [0.29, 0.717) is 28.5 Å². The van der Waals surface area contributed by atoms with Gasteiger partial charge < -0.3 is 4.57 Å². The first-order valence-corrected chi connectivity index (χ1v) is 17.9. The molecule has 10 aromatic rings. The van der Waals surface area contributed by atoms with E-state index in [2.05, 4.69) is 95.6 Å². The maximum Gasteiger partial charge on any atom is 0.269 e. The Balaban J connectivity index is 1.18. The number of hydrogen-bond donors (Lipinski definition) is 0. The van der Waals surface area contributed by atoms with Crippen LogP contribution >= 0.6 is 0 Å². The summed E-state index contributed by atoms with van der Waals surface area (Å²) in [6, 6.07) is 54.2. The van der Waals surface area contributed by atoms with Crippen molar-refractivity contribution < 1.29 is 9.85 Å². The zero-order valence-corrected chi connectivity index (χ0v) is 29.5. The Labute approximate surface area is 318 Å². The summed E-state index contributed by atoms with van der Waals surface area (Å²) in [6.45, 7) is 0. The van der Waals surface area contributed by atoms with Crippen molar-refractivity contribution in [2.45, 2.75) is 0 Å². The minimum Gasteiger partial charge on any atom is -0.309 e. The molecule has 0 aliphatic rings. The number of fused-ring (bicyclic) bond motifs is 6. The highest BCUT2D eigenvalue weighted by molar-refractivity contribution is 6.12. The molecule has 0 radical (unpaired) electrons. The van der Waals surface area contributed by atoms with Crippen LogP contribution in [-0.2, 0) is 0 Å². The van der Waals surface area contributed by atoms with Gasteiger partial charge in [-0.2, -0.15) is 0 Å². The average Bonchev–Trinajstić information content (AvgIpc) is 3.76. The summed E-state index contributed by atoms with van der Waals surface area (Å²) in [4.78, 5) is 32.2. The minimum absolute atomic E-state index is 0.0311. The third-order valence-corrected chi connectivity index (χ3v) is 10.4. The van der Waals surface area contributed by atoms with Gasteiger partial charge in [-0.3, -0.25) is 24.8 Å². The molecule has 10 rings (SSSR count). The number of nitro benzene ring substituents is 2. The van der Waals surface area contributed by atoms with Gasteiger partial charge in [-0.1, -0.05) is 72.8 Å². The van der Waals surface area contributed by atoms with Gasteiger partial charge in [0.1, 0.15) is 0 Å². The largest absolute Gasteiger partial charge is 0.309 e. The number of nitrogens with zero attached hydrogens (tertiary/aromatic N) is 6. The quantitative estimate of drug-likeness (QED) is 0.119. The van der Waals surface area contributed by atoms with Crippen molar-refractivity contribution in [3.05, 3.63) is 190 Å². The maximum atomic E-state index is 11.5. The standard InChI is InChI=1S/C46H28N6O4/c53-51(54)34-20-14-29(15-21-34)40-28-41(30-16-22-35(23-17-30)52(55)56)48-46(47-40)50-43-13-7-4-10-36(43)38-24-18-32(27-45(38)50)31-19-25-44-39(26-31)37-11-5-6-12-42(37)49(44)33-8-2-1-3-9-33/h1-28H. The Bertz CT molecular complexity index is 3110. The fourth-order valence-corrected chi connectivity index (χ4v) is 7.71. The summed E-state index contributed by atoms with van der Waals surface area (Å²) in [5, 5.41) is 27.3. The van der Waals surface area contributed by atoms with Gasteiger partial charge in [-0.15, -0.1) is 0 Å². The van der Waals surface area contributed by atoms with Crippen LogP contribution in [0, 0.1) is 20.2 Å². The van der Waals surface area contributed by atoms with Gasteiger partial charge in [0.25, 0.3) is 11.4 Å². The normalized spacial score (nSPS) is 11.5. The molecule has 0 aliphatic heterocycles. The fourth-order valence-electron chi connectivity index (χ4n) is 7.71. The predicted octanol–water partition coefficient (Wildman–Crippen LogP) is 11.5. The van der Waals surface area contributed by atoms with Crippen LogP contribution in [0.4, 0.5) is 11.4 Å². The topological polar surface area (TPSA) is 122 Å². The second-order valence-corrected chi connectivity index (χ2v) is 13.6. The minimum atomic E-state index is -0.438. The van der Waals surface area contributed by atoms with E-state index in [1.807, 2.05) is 28.8 Å². The Hall–Kier alpha value is -7.98. The zero-order chi connectivity index (χ0) is 37.9. The van der Waals surface area contributed by atoms with Crippen LogP contribution in [0.15, 0.2) is 170 Å². The first-order valence-electron chi connectivity index (χ1n) is 17.9. The smallest absolute Gasteiger partial charge is 0.269 e. The van der Waals surface area contributed by atoms with E-state index in [1.54, 1.807) is 30.3 Å². The van der Waals surface area contributed by atoms with Gasteiger partial charge in [0.15, 0.2) is 0 Å². The molecule has 0 amide bonds. The molecule has 0 aliphatic carbocycles. The molecule has 3 aromatic heterocycles. The Kier molecular flexibility index (Phi) is 7.49. The van der Waals surface area contributed by atoms with Crippen LogP contribution in [0.3, 0.4) is 0 Å². The van der Waals surface area contributed by atoms with E-state index in [-0.39, 0.29) is 11.4 Å². The van der Waals surface area contributed by atoms with Crippen molar-refractivity contribution in [2.24, 2.45) is 0 Å². The molecule has 0 N–H and O–H groups in total. The van der Waals surface area contributed by atoms with E-state index in [9.17, 15) is 20.2 Å². The number of non-ortho nitro benzene ring substituents is 2. The average molecular weight is 729 g/mol. The molecule has 0 saturated heterocycles. The summed E-state index contributed by atoms with van der Waals surface area (Å²) in [5.74, 6) is 0.388. The fraction of sp³-hybridized carbons (Fsp3) is 0. The summed E-state index contributed by atoms with van der Waals surface area (Å²) < 4.78 is 4.34. The van der Waals surface area contributed by atoms with Crippen LogP contribution in [0.25, 0.3) is 88.9 Å². The summed E-state index contributed by atoms with van der Waals surface area (Å²) in [7, 11) is 0. The lowest BCUT2D eigenvalue weighted by Gasteiger charge is -2.12. The summed E-state index contributed by atoms with van der Waals surface area (Å²) >= 11 is 0. The molecule has 10 nitrogen and oxygen atoms in total. The van der Waals surface area contributed by atoms with Crippen molar-refractivity contribution in [3.63, 3.8) is 0 Å². The molecule has 3 heterocycles. The molecule has 266 valence electrons. The monoisotopic (exact) mass is 728 g/mol. The molecule has 10 heteroatoms. The highest BCUT2D eigenvalue weighted by Gasteiger charge is 2.19. The molecule has 0 unspecified atom stereocenters. The molecule has 0 spiro atoms. The first-order chi connectivity index (χ1) is 27.4. The van der Waals surface area contributed by atoms with Gasteiger partial charge >= 0.3 is 0 Å². The SMILES string of the molecule is O=[N+]([O-])c1ccc(-c2cc(-c3ccc([N+](=O)[O-])cc3)nc(-n3c4ccccc4c4ccc(-c5ccc6c(c5)c5ccccc5n6-c5ccccc5)cc43)n2)cc1. The van der Waals surface area contributed by atoms with Crippen LogP contribution in [0.5, 0.6) is 0 Å². The van der Waals surface area contributed by atoms with Crippen molar-refractivity contribution in [1.82, 2.24) is 19.1 Å². The second-order valence-electron chi connectivity index (χ2n) is 13.6. The van der Waals surface area contributed by atoms with Crippen molar-refractivity contribution in [2.75, 3.05) is 0 Å². The Morgan fingerprint density at radius 1 is 0.393 bits per heavy atom. The van der Waals surface area contributed by atoms with Crippen LogP contribution in [0.1, 0.15) is 0 Å². The number of rotatable bonds is 7. The Morgan fingerprint density at radius 2 is 0.857 bits per heavy atom. The van der Waals surface area contributed by atoms with Gasteiger partial charge in [-0.05, 0) is 83.9 Å². The molecule has 7 aromatic carbocycles. The van der Waals surface area contributed by atoms with E-state index >= 15 is 0 Å². The molecule has 0 atom stereocenters. The van der Waals surface area contributed by atoms with Crippen molar-refractivity contribution >= 4 is 55.0 Å². The first kappa shape index (κ1) is 32.7. The third kappa shape index (κ3) is 5.35. The summed E-state index contributed by atoms with van der Waals surface area (Å²) in [6.07, 6.45) is 0. The van der Waals surface area contributed by atoms with Gasteiger partial charge in [0.2, 0.25) is 5.95 Å². The number of hydrogen-bond acceptors (Lipinski definition) is 6. The van der Waals surface area contributed by atoms with E-state index in [0.717, 1.165) is 55.0 Å². The zero-order valence-electron chi connectivity index (χ0n) is 29.5. The highest BCUT2D eigenvalue weighted by Crippen LogP contribution is 2.38. The molecule has 0 fully saturated rings. The lowest BCUT2D eigenvalue weighted by atomic mass is 10.0. The number of para-hydroxylation sites is 3. The van der Waals surface area contributed by atoms with Crippen LogP contribution in [-0.4, -0.2) is 28.9 Å². The predicted molar refractivity (Wildman–Crippen MR) is 220 cm³/mol. The highest BCUT2D eigenvalue weighted by atomic mass is 16.6. The van der Waals surface area contributed by atoms with E-state index in [1.165, 1.54) is 29.7 Å². The van der Waals surface area contributed by atoms with E-state index in [4.69, 9.17) is 9.97 Å². The van der Waals surface area contributed by atoms with Gasteiger partial charge in [0.05, 0.1) is 43.3 Å². The number of benzene rings is 7. The van der Waals surface area contributed by atoms with E-state index < -0.39 is 9.85 Å². The van der Waals surface area contributed by atoms with Gasteiger partial charge in [0, 0.05) is 62.6 Å². The third-order valence-electron chi connectivity index (χ3n) is 10.4. The molecular weight excluding hydrogens is 701 g/mol. The number of nitro groups is 2. The lowest BCUT2D eigenvalue weighted by molar-refractivity contribution is -0.385. The molecular formula is C46H28N6O4. The van der Waals surface area contributed by atoms with Crippen LogP contribution < -0.4 is 0 Å². The van der Waals surface area contributed by atoms with Crippen LogP contribution in [0.2, 0.25) is 0 Å². The second kappa shape index (κ2) is 12.9. The lowest BCUT2D eigenvalue weighted by Crippen LogP contribution is -2.04. The molecule has 0 bridgehead atoms. The molecule has 0 saturated carbocycles. The Morgan fingerprint density at radius 3 is 1.46 bits per heavy atom. The number of aromatic nitrogens is 4. The van der Waals surface area contributed by atoms with Crippen molar-refractivity contribution in [3.8, 4) is 45.3 Å². The summed E-state index contributed by atoms with van der Waals surface area (Å²) in [5.41, 5.74) is 9.56.